The molecular weight excluding hydrogens is 318 g/mol. The lowest BCUT2D eigenvalue weighted by Crippen LogP contribution is -2.18. The highest BCUT2D eigenvalue weighted by Crippen LogP contribution is 2.33. The predicted octanol–water partition coefficient (Wildman–Crippen LogP) is 4.00. The number of rotatable bonds is 4. The summed E-state index contributed by atoms with van der Waals surface area (Å²) in [6.07, 6.45) is 9.23. The normalized spacial score (nSPS) is 17.5. The van der Waals surface area contributed by atoms with E-state index in [1.54, 1.807) is 23.5 Å². The highest BCUT2D eigenvalue weighted by atomic mass is 32.2. The number of fused-ring (bicyclic) bond motifs is 1. The Kier molecular flexibility index (Phi) is 4.70. The van der Waals surface area contributed by atoms with E-state index in [-0.39, 0.29) is 5.75 Å². The van der Waals surface area contributed by atoms with Crippen molar-refractivity contribution >= 4 is 31.7 Å². The fourth-order valence-electron chi connectivity index (χ4n) is 3.21. The predicted molar refractivity (Wildman–Crippen MR) is 90.5 cm³/mol. The maximum atomic E-state index is 11.0. The Hall–Kier alpha value is -1.11. The standard InChI is InChI=1S/C16H21NO3S2/c17-22(18,19)20-14-8-7-13-10-15(21-16(13)11-14)9-12-5-3-1-2-4-6-12/h7-8,10-12H,1-6,9H2,(H2,17,18,19). The highest BCUT2D eigenvalue weighted by Gasteiger charge is 2.15. The van der Waals surface area contributed by atoms with Crippen molar-refractivity contribution in [2.75, 3.05) is 0 Å². The Bertz CT molecular complexity index is 744. The first-order chi connectivity index (χ1) is 10.5. The molecular formula is C16H21NO3S2. The van der Waals surface area contributed by atoms with Crippen LogP contribution in [0.3, 0.4) is 0 Å². The van der Waals surface area contributed by atoms with E-state index in [0.717, 1.165) is 22.4 Å². The molecule has 3 rings (SSSR count). The van der Waals surface area contributed by atoms with Gasteiger partial charge in [0.25, 0.3) is 0 Å². The van der Waals surface area contributed by atoms with E-state index in [1.165, 1.54) is 43.4 Å². The Morgan fingerprint density at radius 2 is 1.86 bits per heavy atom. The molecule has 2 N–H and O–H groups in total. The second kappa shape index (κ2) is 6.56. The van der Waals surface area contributed by atoms with Gasteiger partial charge in [-0.3, -0.25) is 0 Å². The summed E-state index contributed by atoms with van der Waals surface area (Å²) in [4.78, 5) is 1.37. The van der Waals surface area contributed by atoms with Gasteiger partial charge in [0, 0.05) is 9.58 Å². The second-order valence-corrected chi connectivity index (χ2v) is 8.37. The summed E-state index contributed by atoms with van der Waals surface area (Å²) >= 11 is 1.72. The lowest BCUT2D eigenvalue weighted by molar-refractivity contribution is 0.461. The SMILES string of the molecule is NS(=O)(=O)Oc1ccc2cc(CC3CCCCCC3)sc2c1. The number of hydrogen-bond acceptors (Lipinski definition) is 4. The minimum Gasteiger partial charge on any atom is -0.371 e. The van der Waals surface area contributed by atoms with Crippen molar-refractivity contribution in [2.45, 2.75) is 44.9 Å². The number of hydrogen-bond donors (Lipinski definition) is 1. The lowest BCUT2D eigenvalue weighted by Gasteiger charge is -2.11. The van der Waals surface area contributed by atoms with Crippen molar-refractivity contribution in [3.05, 3.63) is 29.1 Å². The van der Waals surface area contributed by atoms with Crippen molar-refractivity contribution in [2.24, 2.45) is 11.1 Å². The molecule has 0 aliphatic heterocycles. The summed E-state index contributed by atoms with van der Waals surface area (Å²) in [7, 11) is -3.96. The van der Waals surface area contributed by atoms with Gasteiger partial charge in [-0.15, -0.1) is 11.3 Å². The zero-order valence-corrected chi connectivity index (χ0v) is 14.1. The van der Waals surface area contributed by atoms with Crippen LogP contribution < -0.4 is 9.32 Å². The van der Waals surface area contributed by atoms with Crippen LogP contribution in [0.4, 0.5) is 0 Å². The topological polar surface area (TPSA) is 69.4 Å². The van der Waals surface area contributed by atoms with Gasteiger partial charge in [-0.2, -0.15) is 13.6 Å². The van der Waals surface area contributed by atoms with Crippen molar-refractivity contribution in [1.29, 1.82) is 0 Å². The lowest BCUT2D eigenvalue weighted by atomic mass is 9.96. The molecule has 1 fully saturated rings. The van der Waals surface area contributed by atoms with Crippen molar-refractivity contribution in [1.82, 2.24) is 0 Å². The van der Waals surface area contributed by atoms with E-state index in [1.807, 2.05) is 6.07 Å². The Morgan fingerprint density at radius 1 is 1.14 bits per heavy atom. The fraction of sp³-hybridized carbons (Fsp3) is 0.500. The molecule has 0 spiro atoms. The first-order valence-electron chi connectivity index (χ1n) is 7.74. The monoisotopic (exact) mass is 339 g/mol. The molecule has 4 nitrogen and oxygen atoms in total. The van der Waals surface area contributed by atoms with Crippen LogP contribution in [0.1, 0.15) is 43.4 Å². The van der Waals surface area contributed by atoms with Crippen LogP contribution in [0.15, 0.2) is 24.3 Å². The molecule has 1 saturated carbocycles. The summed E-state index contributed by atoms with van der Waals surface area (Å²) in [6, 6.07) is 7.50. The Balaban J connectivity index is 1.77. The van der Waals surface area contributed by atoms with E-state index in [4.69, 9.17) is 9.32 Å². The molecule has 6 heteroatoms. The molecule has 2 aromatic rings. The van der Waals surface area contributed by atoms with E-state index in [0.29, 0.717) is 0 Å². The van der Waals surface area contributed by atoms with Gasteiger partial charge in [0.2, 0.25) is 0 Å². The van der Waals surface area contributed by atoms with Gasteiger partial charge in [-0.05, 0) is 42.0 Å². The first-order valence-corrected chi connectivity index (χ1v) is 10.0. The Labute approximate surface area is 135 Å². The minimum atomic E-state index is -3.96. The van der Waals surface area contributed by atoms with Crippen LogP contribution in [0, 0.1) is 5.92 Å². The van der Waals surface area contributed by atoms with Gasteiger partial charge in [-0.25, -0.2) is 0 Å². The van der Waals surface area contributed by atoms with Gasteiger partial charge in [0.05, 0.1) is 0 Å². The van der Waals surface area contributed by atoms with Crippen molar-refractivity contribution < 1.29 is 12.6 Å². The summed E-state index contributed by atoms with van der Waals surface area (Å²) in [5.74, 6) is 1.06. The molecule has 120 valence electrons. The molecule has 0 unspecified atom stereocenters. The third-order valence-electron chi connectivity index (χ3n) is 4.22. The first kappa shape index (κ1) is 15.8. The summed E-state index contributed by atoms with van der Waals surface area (Å²) in [6.45, 7) is 0. The molecule has 22 heavy (non-hydrogen) atoms. The van der Waals surface area contributed by atoms with Crippen molar-refractivity contribution in [3.63, 3.8) is 0 Å². The molecule has 0 amide bonds. The van der Waals surface area contributed by atoms with Crippen molar-refractivity contribution in [3.8, 4) is 5.75 Å². The van der Waals surface area contributed by atoms with Gasteiger partial charge < -0.3 is 4.18 Å². The smallest absolute Gasteiger partial charge is 0.371 e. The minimum absolute atomic E-state index is 0.276. The van der Waals surface area contributed by atoms with Gasteiger partial charge >= 0.3 is 10.3 Å². The van der Waals surface area contributed by atoms with E-state index in [2.05, 4.69) is 6.07 Å². The zero-order chi connectivity index (χ0) is 15.6. The molecule has 1 aliphatic rings. The number of nitrogens with two attached hydrogens (primary N) is 1. The molecule has 1 aliphatic carbocycles. The number of thiophene rings is 1. The average Bonchev–Trinajstić information content (AvgIpc) is 2.64. The molecule has 0 atom stereocenters. The molecule has 0 saturated heterocycles. The van der Waals surface area contributed by atoms with Crippen LogP contribution >= 0.6 is 11.3 Å². The fourth-order valence-corrected chi connectivity index (χ4v) is 4.78. The van der Waals surface area contributed by atoms with Crippen LogP contribution in [0.5, 0.6) is 5.75 Å². The van der Waals surface area contributed by atoms with E-state index < -0.39 is 10.3 Å². The average molecular weight is 339 g/mol. The largest absolute Gasteiger partial charge is 0.380 e. The van der Waals surface area contributed by atoms with Gasteiger partial charge in [0.15, 0.2) is 0 Å². The summed E-state index contributed by atoms with van der Waals surface area (Å²) in [5, 5.41) is 6.04. The van der Waals surface area contributed by atoms with Crippen LogP contribution in [0.25, 0.3) is 10.1 Å². The van der Waals surface area contributed by atoms with Gasteiger partial charge in [-0.1, -0.05) is 38.5 Å². The Morgan fingerprint density at radius 3 is 2.55 bits per heavy atom. The maximum absolute atomic E-state index is 11.0. The molecule has 1 aromatic carbocycles. The molecule has 1 heterocycles. The zero-order valence-electron chi connectivity index (χ0n) is 12.5. The quantitative estimate of drug-likeness (QED) is 0.856. The third kappa shape index (κ3) is 4.21. The van der Waals surface area contributed by atoms with E-state index >= 15 is 0 Å². The summed E-state index contributed by atoms with van der Waals surface area (Å²) < 4.78 is 27.8. The van der Waals surface area contributed by atoms with Crippen LogP contribution in [0.2, 0.25) is 0 Å². The van der Waals surface area contributed by atoms with E-state index in [9.17, 15) is 8.42 Å². The number of benzene rings is 1. The molecule has 0 bridgehead atoms. The molecule has 0 radical (unpaired) electrons. The van der Waals surface area contributed by atoms with Crippen LogP contribution in [-0.2, 0) is 16.7 Å². The highest BCUT2D eigenvalue weighted by molar-refractivity contribution is 7.84. The third-order valence-corrected chi connectivity index (χ3v) is 5.76. The summed E-state index contributed by atoms with van der Waals surface area (Å²) in [5.41, 5.74) is 0. The maximum Gasteiger partial charge on any atom is 0.380 e. The van der Waals surface area contributed by atoms with Gasteiger partial charge in [0.1, 0.15) is 5.75 Å². The second-order valence-electron chi connectivity index (χ2n) is 6.05. The molecule has 1 aromatic heterocycles. The van der Waals surface area contributed by atoms with Crippen LogP contribution in [-0.4, -0.2) is 8.42 Å².